The van der Waals surface area contributed by atoms with Gasteiger partial charge in [0, 0.05) is 11.5 Å². The molecule has 150 valence electrons. The van der Waals surface area contributed by atoms with Crippen molar-refractivity contribution in [2.24, 2.45) is 0 Å². The minimum atomic E-state index is -0.438. The van der Waals surface area contributed by atoms with Crippen molar-refractivity contribution in [3.8, 4) is 0 Å². The van der Waals surface area contributed by atoms with Crippen molar-refractivity contribution in [3.63, 3.8) is 0 Å². The molecule has 3 rings (SSSR count). The van der Waals surface area contributed by atoms with Crippen LogP contribution in [-0.2, 0) is 23.8 Å². The first-order chi connectivity index (χ1) is 14.1. The second-order valence-electron chi connectivity index (χ2n) is 6.43. The number of hydrogen-bond donors (Lipinski definition) is 0. The van der Waals surface area contributed by atoms with Crippen LogP contribution in [0.5, 0.6) is 0 Å². The first kappa shape index (κ1) is 20.4. The molecule has 0 bridgehead atoms. The predicted molar refractivity (Wildman–Crippen MR) is 110 cm³/mol. The molecule has 0 saturated heterocycles. The van der Waals surface area contributed by atoms with Crippen LogP contribution in [0, 0.1) is 0 Å². The summed E-state index contributed by atoms with van der Waals surface area (Å²) in [5.74, 6) is -0.364. The molecule has 0 aliphatic carbocycles. The second kappa shape index (κ2) is 9.73. The van der Waals surface area contributed by atoms with Crippen LogP contribution in [0.2, 0.25) is 0 Å². The summed E-state index contributed by atoms with van der Waals surface area (Å²) in [5.41, 5.74) is 2.07. The lowest BCUT2D eigenvalue weighted by molar-refractivity contribution is -0.142. The molecule has 0 saturated carbocycles. The molecule has 1 heterocycles. The number of benzene rings is 2. The number of carbonyl (C=O) groups is 2. The maximum Gasteiger partial charge on any atom is 0.338 e. The molecule has 29 heavy (non-hydrogen) atoms. The molecule has 1 aliphatic heterocycles. The molecule has 5 heteroatoms. The number of carbonyl (C=O) groups excluding carboxylic acids is 2. The average Bonchev–Trinajstić information content (AvgIpc) is 2.74. The van der Waals surface area contributed by atoms with Gasteiger partial charge >= 0.3 is 11.9 Å². The van der Waals surface area contributed by atoms with E-state index >= 15 is 0 Å². The van der Waals surface area contributed by atoms with Crippen LogP contribution in [0.15, 0.2) is 78.1 Å². The third-order valence-corrected chi connectivity index (χ3v) is 4.46. The summed E-state index contributed by atoms with van der Waals surface area (Å²) in [6.45, 7) is 4.08. The first-order valence-corrected chi connectivity index (χ1v) is 9.69. The summed E-state index contributed by atoms with van der Waals surface area (Å²) in [6.07, 6.45) is 1.79. The van der Waals surface area contributed by atoms with Gasteiger partial charge in [-0.2, -0.15) is 0 Å². The van der Waals surface area contributed by atoms with Crippen molar-refractivity contribution in [1.29, 1.82) is 0 Å². The van der Waals surface area contributed by atoms with Crippen LogP contribution < -0.4 is 0 Å². The van der Waals surface area contributed by atoms with Crippen molar-refractivity contribution >= 4 is 17.7 Å². The zero-order chi connectivity index (χ0) is 20.6. The molecular formula is C24H24O5. The molecule has 0 aromatic heterocycles. The smallest absolute Gasteiger partial charge is 0.338 e. The molecule has 0 fully saturated rings. The standard InChI is InChI=1S/C24H24O5/c1-3-27-21(25)16-19-15-20(17-11-7-5-8-12-17)22(24(26)28-4-2)23(29-19)18-13-9-6-10-14-18/h5-15,20H,3-4,16H2,1-2H3/t20-/m1/s1. The van der Waals surface area contributed by atoms with Gasteiger partial charge < -0.3 is 14.2 Å². The summed E-state index contributed by atoms with van der Waals surface area (Å²) in [6, 6.07) is 19.0. The zero-order valence-corrected chi connectivity index (χ0v) is 16.6. The summed E-state index contributed by atoms with van der Waals surface area (Å²) in [7, 11) is 0. The topological polar surface area (TPSA) is 61.8 Å². The molecule has 0 radical (unpaired) electrons. The molecular weight excluding hydrogens is 368 g/mol. The largest absolute Gasteiger partial charge is 0.466 e. The van der Waals surface area contributed by atoms with E-state index in [1.165, 1.54) is 0 Å². The fourth-order valence-corrected chi connectivity index (χ4v) is 3.24. The number of rotatable bonds is 7. The van der Waals surface area contributed by atoms with E-state index in [2.05, 4.69) is 0 Å². The van der Waals surface area contributed by atoms with Crippen LogP contribution in [0.4, 0.5) is 0 Å². The quantitative estimate of drug-likeness (QED) is 0.644. The first-order valence-electron chi connectivity index (χ1n) is 9.69. The molecule has 2 aromatic carbocycles. The van der Waals surface area contributed by atoms with Gasteiger partial charge in [0.15, 0.2) is 0 Å². The van der Waals surface area contributed by atoms with Gasteiger partial charge in [-0.15, -0.1) is 0 Å². The van der Waals surface area contributed by atoms with Crippen molar-refractivity contribution in [1.82, 2.24) is 0 Å². The van der Waals surface area contributed by atoms with Crippen LogP contribution in [0.1, 0.15) is 37.3 Å². The Kier molecular flexibility index (Phi) is 6.85. The van der Waals surface area contributed by atoms with Gasteiger partial charge in [0.05, 0.1) is 18.8 Å². The summed E-state index contributed by atoms with van der Waals surface area (Å²) >= 11 is 0. The Hall–Kier alpha value is -3.34. The number of hydrogen-bond acceptors (Lipinski definition) is 5. The summed E-state index contributed by atoms with van der Waals surface area (Å²) < 4.78 is 16.5. The Balaban J connectivity index is 2.12. The Morgan fingerprint density at radius 1 is 0.897 bits per heavy atom. The fraction of sp³-hybridized carbons (Fsp3) is 0.250. The molecule has 0 unspecified atom stereocenters. The molecule has 1 aliphatic rings. The van der Waals surface area contributed by atoms with Crippen molar-refractivity contribution in [2.45, 2.75) is 26.2 Å². The number of esters is 2. The van der Waals surface area contributed by atoms with Gasteiger partial charge in [-0.3, -0.25) is 4.79 Å². The third-order valence-electron chi connectivity index (χ3n) is 4.46. The molecule has 0 spiro atoms. The zero-order valence-electron chi connectivity index (χ0n) is 16.6. The lowest BCUT2D eigenvalue weighted by atomic mass is 9.86. The Morgan fingerprint density at radius 3 is 2.14 bits per heavy atom. The maximum absolute atomic E-state index is 12.9. The molecule has 2 aromatic rings. The van der Waals surface area contributed by atoms with E-state index in [-0.39, 0.29) is 19.0 Å². The Labute approximate surface area is 170 Å². The molecule has 1 atom stereocenters. The fourth-order valence-electron chi connectivity index (χ4n) is 3.24. The minimum Gasteiger partial charge on any atom is -0.466 e. The van der Waals surface area contributed by atoms with Crippen LogP contribution >= 0.6 is 0 Å². The van der Waals surface area contributed by atoms with Gasteiger partial charge in [-0.1, -0.05) is 60.7 Å². The highest BCUT2D eigenvalue weighted by Gasteiger charge is 2.33. The summed E-state index contributed by atoms with van der Waals surface area (Å²) in [5, 5.41) is 0. The van der Waals surface area contributed by atoms with Gasteiger partial charge in [0.2, 0.25) is 0 Å². The van der Waals surface area contributed by atoms with Crippen molar-refractivity contribution in [2.75, 3.05) is 13.2 Å². The van der Waals surface area contributed by atoms with Gasteiger partial charge in [-0.25, -0.2) is 4.79 Å². The minimum absolute atomic E-state index is 0.0103. The SMILES string of the molecule is CCOC(=O)CC1=C[C@H](c2ccccc2)C(C(=O)OCC)=C(c2ccccc2)O1. The van der Waals surface area contributed by atoms with E-state index in [0.717, 1.165) is 11.1 Å². The third kappa shape index (κ3) is 4.93. The Bertz CT molecular complexity index is 913. The Morgan fingerprint density at radius 2 is 1.52 bits per heavy atom. The molecule has 0 N–H and O–H groups in total. The predicted octanol–water partition coefficient (Wildman–Crippen LogP) is 4.61. The van der Waals surface area contributed by atoms with Crippen molar-refractivity contribution < 1.29 is 23.8 Å². The van der Waals surface area contributed by atoms with E-state index in [0.29, 0.717) is 23.7 Å². The van der Waals surface area contributed by atoms with E-state index in [1.54, 1.807) is 19.9 Å². The highest BCUT2D eigenvalue weighted by atomic mass is 16.5. The number of allylic oxidation sites excluding steroid dienone is 1. The molecule has 5 nitrogen and oxygen atoms in total. The van der Waals surface area contributed by atoms with Gasteiger partial charge in [0.25, 0.3) is 0 Å². The van der Waals surface area contributed by atoms with Crippen LogP contribution in [-0.4, -0.2) is 25.2 Å². The van der Waals surface area contributed by atoms with Crippen LogP contribution in [0.3, 0.4) is 0 Å². The van der Waals surface area contributed by atoms with Gasteiger partial charge in [0.1, 0.15) is 17.9 Å². The van der Waals surface area contributed by atoms with E-state index < -0.39 is 11.9 Å². The molecule has 0 amide bonds. The highest BCUT2D eigenvalue weighted by Crippen LogP contribution is 2.40. The van der Waals surface area contributed by atoms with Crippen LogP contribution in [0.25, 0.3) is 5.76 Å². The second-order valence-corrected chi connectivity index (χ2v) is 6.43. The van der Waals surface area contributed by atoms with E-state index in [4.69, 9.17) is 14.2 Å². The van der Waals surface area contributed by atoms with E-state index in [1.807, 2.05) is 60.7 Å². The monoisotopic (exact) mass is 392 g/mol. The van der Waals surface area contributed by atoms with Crippen molar-refractivity contribution in [3.05, 3.63) is 89.2 Å². The number of ether oxygens (including phenoxy) is 3. The average molecular weight is 392 g/mol. The van der Waals surface area contributed by atoms with Gasteiger partial charge in [-0.05, 0) is 25.5 Å². The highest BCUT2D eigenvalue weighted by molar-refractivity contribution is 5.99. The summed E-state index contributed by atoms with van der Waals surface area (Å²) in [4.78, 5) is 25.0. The lowest BCUT2D eigenvalue weighted by Gasteiger charge is -2.27. The lowest BCUT2D eigenvalue weighted by Crippen LogP contribution is -2.21. The van der Waals surface area contributed by atoms with E-state index in [9.17, 15) is 9.59 Å². The maximum atomic E-state index is 12.9. The normalized spacial score (nSPS) is 15.9.